The number of aromatic nitrogens is 1. The van der Waals surface area contributed by atoms with Crippen LogP contribution in [0.15, 0.2) is 83.4 Å². The van der Waals surface area contributed by atoms with E-state index in [2.05, 4.69) is 40.3 Å². The van der Waals surface area contributed by atoms with Crippen LogP contribution in [0.1, 0.15) is 34.7 Å². The van der Waals surface area contributed by atoms with Crippen molar-refractivity contribution in [1.29, 1.82) is 0 Å². The molecule has 1 aliphatic rings. The van der Waals surface area contributed by atoms with Crippen LogP contribution in [0, 0.1) is 13.8 Å². The summed E-state index contributed by atoms with van der Waals surface area (Å²) in [5.74, 6) is 1.59. The number of pyridine rings is 1. The summed E-state index contributed by atoms with van der Waals surface area (Å²) in [6.45, 7) is 4.08. The highest BCUT2D eigenvalue weighted by Crippen LogP contribution is 2.43. The summed E-state index contributed by atoms with van der Waals surface area (Å²) in [4.78, 5) is 6.72. The second kappa shape index (κ2) is 8.41. The average molecular weight is 460 g/mol. The SMILES string of the molecule is Cc1cccc(N2C(=S)N[C@H](c3ccccn3)[C@H]2c2ccc(-c3cccc(Cl)c3C)o2)c1. The van der Waals surface area contributed by atoms with Crippen molar-refractivity contribution in [3.63, 3.8) is 0 Å². The molecule has 2 aromatic carbocycles. The van der Waals surface area contributed by atoms with Crippen molar-refractivity contribution in [1.82, 2.24) is 10.3 Å². The van der Waals surface area contributed by atoms with Gasteiger partial charge in [-0.2, -0.15) is 0 Å². The fraction of sp³-hybridized carbons (Fsp3) is 0.154. The molecular formula is C26H22ClN3OS. The summed E-state index contributed by atoms with van der Waals surface area (Å²) in [6.07, 6.45) is 1.80. The maximum Gasteiger partial charge on any atom is 0.174 e. The second-order valence-corrected chi connectivity index (χ2v) is 8.74. The van der Waals surface area contributed by atoms with Crippen LogP contribution in [0.3, 0.4) is 0 Å². The highest BCUT2D eigenvalue weighted by Gasteiger charge is 2.42. The molecule has 0 aliphatic carbocycles. The molecule has 1 fully saturated rings. The van der Waals surface area contributed by atoms with Crippen molar-refractivity contribution in [2.75, 3.05) is 4.90 Å². The first kappa shape index (κ1) is 20.7. The van der Waals surface area contributed by atoms with Gasteiger partial charge in [0.05, 0.1) is 11.7 Å². The molecule has 4 aromatic rings. The smallest absolute Gasteiger partial charge is 0.174 e. The van der Waals surface area contributed by atoms with Crippen molar-refractivity contribution in [3.05, 3.63) is 107 Å². The van der Waals surface area contributed by atoms with Gasteiger partial charge in [-0.25, -0.2) is 0 Å². The molecule has 0 amide bonds. The first-order valence-corrected chi connectivity index (χ1v) is 11.2. The van der Waals surface area contributed by atoms with E-state index in [1.165, 1.54) is 5.56 Å². The number of thiocarbonyl (C=S) groups is 1. The topological polar surface area (TPSA) is 41.3 Å². The Labute approximate surface area is 197 Å². The fourth-order valence-electron chi connectivity index (χ4n) is 4.23. The number of aryl methyl sites for hydroxylation is 1. The minimum Gasteiger partial charge on any atom is -0.459 e. The molecule has 0 bridgehead atoms. The first-order chi connectivity index (χ1) is 15.5. The quantitative estimate of drug-likeness (QED) is 0.340. The molecule has 160 valence electrons. The lowest BCUT2D eigenvalue weighted by Gasteiger charge is -2.26. The van der Waals surface area contributed by atoms with Crippen molar-refractivity contribution in [3.8, 4) is 11.3 Å². The zero-order valence-electron chi connectivity index (χ0n) is 17.7. The molecule has 4 nitrogen and oxygen atoms in total. The average Bonchev–Trinajstić information content (AvgIpc) is 3.41. The van der Waals surface area contributed by atoms with Gasteiger partial charge in [0.1, 0.15) is 17.6 Å². The van der Waals surface area contributed by atoms with Crippen LogP contribution in [0.2, 0.25) is 5.02 Å². The van der Waals surface area contributed by atoms with E-state index in [-0.39, 0.29) is 12.1 Å². The summed E-state index contributed by atoms with van der Waals surface area (Å²) in [5.41, 5.74) is 5.07. The second-order valence-electron chi connectivity index (χ2n) is 7.95. The molecule has 32 heavy (non-hydrogen) atoms. The van der Waals surface area contributed by atoms with E-state index < -0.39 is 0 Å². The van der Waals surface area contributed by atoms with Gasteiger partial charge in [-0.3, -0.25) is 4.98 Å². The van der Waals surface area contributed by atoms with Crippen LogP contribution in [0.25, 0.3) is 11.3 Å². The van der Waals surface area contributed by atoms with Gasteiger partial charge in [-0.1, -0.05) is 41.9 Å². The van der Waals surface area contributed by atoms with Gasteiger partial charge in [0, 0.05) is 22.5 Å². The number of halogens is 1. The van der Waals surface area contributed by atoms with E-state index in [0.717, 1.165) is 39.1 Å². The van der Waals surface area contributed by atoms with Gasteiger partial charge in [-0.05, 0) is 79.7 Å². The number of rotatable bonds is 4. The Morgan fingerprint density at radius 3 is 2.62 bits per heavy atom. The molecule has 0 unspecified atom stereocenters. The number of nitrogens with zero attached hydrogens (tertiary/aromatic N) is 2. The lowest BCUT2D eigenvalue weighted by molar-refractivity contribution is 0.439. The number of nitrogens with one attached hydrogen (secondary N) is 1. The first-order valence-electron chi connectivity index (χ1n) is 10.5. The Balaban J connectivity index is 1.62. The minimum atomic E-state index is -0.188. The van der Waals surface area contributed by atoms with Crippen molar-refractivity contribution < 1.29 is 4.42 Å². The standard InChI is InChI=1S/C26H22ClN3OS/c1-16-7-5-8-18(15-16)30-25(24(29-26(30)32)21-11-3-4-14-28-21)23-13-12-22(31-23)19-9-6-10-20(27)17(19)2/h3-15,24-25H,1-2H3,(H,29,32)/t24-,25-/m1/s1. The normalized spacial score (nSPS) is 18.1. The predicted octanol–water partition coefficient (Wildman–Crippen LogP) is 6.79. The fourth-order valence-corrected chi connectivity index (χ4v) is 4.75. The molecule has 3 heterocycles. The number of benzene rings is 2. The molecule has 5 rings (SSSR count). The summed E-state index contributed by atoms with van der Waals surface area (Å²) < 4.78 is 6.44. The summed E-state index contributed by atoms with van der Waals surface area (Å²) in [5, 5.41) is 4.84. The monoisotopic (exact) mass is 459 g/mol. The Kier molecular flexibility index (Phi) is 5.45. The van der Waals surface area contributed by atoms with E-state index >= 15 is 0 Å². The van der Waals surface area contributed by atoms with Gasteiger partial charge in [0.15, 0.2) is 5.11 Å². The van der Waals surface area contributed by atoms with Crippen molar-refractivity contribution >= 4 is 34.6 Å². The molecule has 2 atom stereocenters. The maximum atomic E-state index is 6.44. The molecule has 2 aromatic heterocycles. The van der Waals surface area contributed by atoms with Gasteiger partial charge in [-0.15, -0.1) is 0 Å². The highest BCUT2D eigenvalue weighted by atomic mass is 35.5. The lowest BCUT2D eigenvalue weighted by Crippen LogP contribution is -2.29. The van der Waals surface area contributed by atoms with Crippen LogP contribution in [-0.2, 0) is 0 Å². The molecule has 0 saturated carbocycles. The van der Waals surface area contributed by atoms with E-state index in [1.54, 1.807) is 6.20 Å². The van der Waals surface area contributed by atoms with E-state index in [1.807, 2.05) is 61.5 Å². The molecule has 0 radical (unpaired) electrons. The third-order valence-electron chi connectivity index (χ3n) is 5.83. The number of furan rings is 1. The number of anilines is 1. The Bertz CT molecular complexity index is 1290. The zero-order valence-corrected chi connectivity index (χ0v) is 19.3. The van der Waals surface area contributed by atoms with Crippen LogP contribution in [0.5, 0.6) is 0 Å². The van der Waals surface area contributed by atoms with E-state index in [4.69, 9.17) is 28.2 Å². The van der Waals surface area contributed by atoms with Crippen LogP contribution < -0.4 is 10.2 Å². The summed E-state index contributed by atoms with van der Waals surface area (Å²) in [6, 6.07) is 23.8. The maximum absolute atomic E-state index is 6.44. The van der Waals surface area contributed by atoms with Crippen LogP contribution >= 0.6 is 23.8 Å². The Hall–Kier alpha value is -3.15. The minimum absolute atomic E-state index is 0.149. The third kappa shape index (κ3) is 3.68. The Morgan fingerprint density at radius 1 is 1.00 bits per heavy atom. The third-order valence-corrected chi connectivity index (χ3v) is 6.55. The summed E-state index contributed by atoms with van der Waals surface area (Å²) >= 11 is 12.1. The number of hydrogen-bond donors (Lipinski definition) is 1. The van der Waals surface area contributed by atoms with E-state index in [0.29, 0.717) is 5.11 Å². The molecule has 1 saturated heterocycles. The largest absolute Gasteiger partial charge is 0.459 e. The molecule has 6 heteroatoms. The highest BCUT2D eigenvalue weighted by molar-refractivity contribution is 7.80. The van der Waals surface area contributed by atoms with Crippen molar-refractivity contribution in [2.45, 2.75) is 25.9 Å². The number of hydrogen-bond acceptors (Lipinski definition) is 3. The van der Waals surface area contributed by atoms with Gasteiger partial charge in [0.2, 0.25) is 0 Å². The van der Waals surface area contributed by atoms with Gasteiger partial charge < -0.3 is 14.6 Å². The van der Waals surface area contributed by atoms with Crippen molar-refractivity contribution in [2.24, 2.45) is 0 Å². The molecule has 1 aliphatic heterocycles. The Morgan fingerprint density at radius 2 is 1.84 bits per heavy atom. The molecular weight excluding hydrogens is 438 g/mol. The lowest BCUT2D eigenvalue weighted by atomic mass is 10.0. The zero-order chi connectivity index (χ0) is 22.2. The molecule has 1 N–H and O–H groups in total. The molecule has 0 spiro atoms. The van der Waals surface area contributed by atoms with Gasteiger partial charge in [0.25, 0.3) is 0 Å². The van der Waals surface area contributed by atoms with Gasteiger partial charge >= 0.3 is 0 Å². The predicted molar refractivity (Wildman–Crippen MR) is 133 cm³/mol. The van der Waals surface area contributed by atoms with E-state index in [9.17, 15) is 0 Å². The summed E-state index contributed by atoms with van der Waals surface area (Å²) in [7, 11) is 0. The van der Waals surface area contributed by atoms with Crippen LogP contribution in [0.4, 0.5) is 5.69 Å². The van der Waals surface area contributed by atoms with Crippen LogP contribution in [-0.4, -0.2) is 10.1 Å².